The molecule has 0 saturated carbocycles. The SMILES string of the molecule is CCN(CC)C(=O)CNCCC(O)COC. The lowest BCUT2D eigenvalue weighted by Gasteiger charge is -2.19. The topological polar surface area (TPSA) is 61.8 Å². The van der Waals surface area contributed by atoms with Gasteiger partial charge in [-0.05, 0) is 26.8 Å². The second-order valence-electron chi connectivity index (χ2n) is 3.64. The van der Waals surface area contributed by atoms with Crippen LogP contribution in [0.25, 0.3) is 0 Å². The molecule has 0 aromatic carbocycles. The van der Waals surface area contributed by atoms with E-state index in [9.17, 15) is 9.90 Å². The first-order valence-electron chi connectivity index (χ1n) is 5.81. The van der Waals surface area contributed by atoms with Crippen LogP contribution in [0.3, 0.4) is 0 Å². The maximum absolute atomic E-state index is 11.6. The molecule has 1 atom stereocenters. The molecule has 0 heterocycles. The van der Waals surface area contributed by atoms with Crippen LogP contribution in [-0.4, -0.2) is 61.9 Å². The van der Waals surface area contributed by atoms with E-state index in [4.69, 9.17) is 4.74 Å². The van der Waals surface area contributed by atoms with E-state index in [-0.39, 0.29) is 5.91 Å². The smallest absolute Gasteiger partial charge is 0.236 e. The van der Waals surface area contributed by atoms with Crippen molar-refractivity contribution >= 4 is 5.91 Å². The Morgan fingerprint density at radius 2 is 2.06 bits per heavy atom. The minimum absolute atomic E-state index is 0.103. The molecule has 0 aliphatic heterocycles. The molecular formula is C11H24N2O3. The van der Waals surface area contributed by atoms with Crippen molar-refractivity contribution in [3.63, 3.8) is 0 Å². The van der Waals surface area contributed by atoms with Crippen molar-refractivity contribution in [2.75, 3.05) is 39.9 Å². The average molecular weight is 232 g/mol. The molecule has 0 aliphatic carbocycles. The van der Waals surface area contributed by atoms with Gasteiger partial charge >= 0.3 is 0 Å². The monoisotopic (exact) mass is 232 g/mol. The molecule has 0 aromatic rings. The number of hydrogen-bond donors (Lipinski definition) is 2. The first-order chi connectivity index (χ1) is 7.65. The largest absolute Gasteiger partial charge is 0.391 e. The first kappa shape index (κ1) is 15.3. The van der Waals surface area contributed by atoms with Gasteiger partial charge in [0.25, 0.3) is 0 Å². The lowest BCUT2D eigenvalue weighted by atomic mass is 10.2. The second-order valence-corrected chi connectivity index (χ2v) is 3.64. The summed E-state index contributed by atoms with van der Waals surface area (Å²) >= 11 is 0. The summed E-state index contributed by atoms with van der Waals surface area (Å²) in [5.74, 6) is 0.103. The average Bonchev–Trinajstić information content (AvgIpc) is 2.26. The van der Waals surface area contributed by atoms with E-state index in [1.807, 2.05) is 13.8 Å². The molecule has 0 aromatic heterocycles. The van der Waals surface area contributed by atoms with Crippen LogP contribution in [0, 0.1) is 0 Å². The number of carbonyl (C=O) groups excluding carboxylic acids is 1. The molecule has 96 valence electrons. The Kier molecular flexibility index (Phi) is 9.18. The Balaban J connectivity index is 3.54. The third-order valence-corrected chi connectivity index (χ3v) is 2.41. The van der Waals surface area contributed by atoms with E-state index in [0.717, 1.165) is 13.1 Å². The quantitative estimate of drug-likeness (QED) is 0.542. The second kappa shape index (κ2) is 9.57. The Morgan fingerprint density at radius 3 is 2.56 bits per heavy atom. The highest BCUT2D eigenvalue weighted by molar-refractivity contribution is 5.78. The lowest BCUT2D eigenvalue weighted by Crippen LogP contribution is -2.38. The fourth-order valence-electron chi connectivity index (χ4n) is 1.43. The number of aliphatic hydroxyl groups excluding tert-OH is 1. The van der Waals surface area contributed by atoms with E-state index in [1.165, 1.54) is 0 Å². The van der Waals surface area contributed by atoms with Crippen LogP contribution in [0.1, 0.15) is 20.3 Å². The Morgan fingerprint density at radius 1 is 1.44 bits per heavy atom. The third-order valence-electron chi connectivity index (χ3n) is 2.41. The van der Waals surface area contributed by atoms with Gasteiger partial charge in [-0.2, -0.15) is 0 Å². The van der Waals surface area contributed by atoms with Gasteiger partial charge in [-0.25, -0.2) is 0 Å². The maximum atomic E-state index is 11.6. The highest BCUT2D eigenvalue weighted by Crippen LogP contribution is 1.91. The summed E-state index contributed by atoms with van der Waals surface area (Å²) in [6, 6.07) is 0. The van der Waals surface area contributed by atoms with E-state index >= 15 is 0 Å². The van der Waals surface area contributed by atoms with Crippen LogP contribution in [0.15, 0.2) is 0 Å². The molecule has 0 saturated heterocycles. The van der Waals surface area contributed by atoms with Crippen LogP contribution in [0.5, 0.6) is 0 Å². The zero-order valence-corrected chi connectivity index (χ0v) is 10.5. The first-order valence-corrected chi connectivity index (χ1v) is 5.81. The zero-order valence-electron chi connectivity index (χ0n) is 10.5. The van der Waals surface area contributed by atoms with Gasteiger partial charge in [0.15, 0.2) is 0 Å². The van der Waals surface area contributed by atoms with Crippen LogP contribution >= 0.6 is 0 Å². The van der Waals surface area contributed by atoms with Crippen molar-refractivity contribution in [2.45, 2.75) is 26.4 Å². The number of nitrogens with zero attached hydrogens (tertiary/aromatic N) is 1. The van der Waals surface area contributed by atoms with Crippen molar-refractivity contribution in [1.29, 1.82) is 0 Å². The van der Waals surface area contributed by atoms with Crippen molar-refractivity contribution in [3.8, 4) is 0 Å². The van der Waals surface area contributed by atoms with Gasteiger partial charge in [0.05, 0.1) is 19.3 Å². The molecule has 0 radical (unpaired) electrons. The summed E-state index contributed by atoms with van der Waals surface area (Å²) in [5.41, 5.74) is 0. The van der Waals surface area contributed by atoms with Crippen LogP contribution in [-0.2, 0) is 9.53 Å². The summed E-state index contributed by atoms with van der Waals surface area (Å²) in [7, 11) is 1.56. The number of hydrogen-bond acceptors (Lipinski definition) is 4. The molecule has 0 bridgehead atoms. The number of nitrogens with one attached hydrogen (secondary N) is 1. The molecule has 5 heteroatoms. The third kappa shape index (κ3) is 6.76. The van der Waals surface area contributed by atoms with Gasteiger partial charge in [0.2, 0.25) is 5.91 Å². The molecular weight excluding hydrogens is 208 g/mol. The van der Waals surface area contributed by atoms with Gasteiger partial charge in [0, 0.05) is 20.2 Å². The zero-order chi connectivity index (χ0) is 12.4. The highest BCUT2D eigenvalue weighted by atomic mass is 16.5. The summed E-state index contributed by atoms with van der Waals surface area (Å²) in [6.07, 6.45) is 0.139. The number of methoxy groups -OCH3 is 1. The number of rotatable bonds is 9. The van der Waals surface area contributed by atoms with Crippen molar-refractivity contribution in [2.24, 2.45) is 0 Å². The maximum Gasteiger partial charge on any atom is 0.236 e. The number of ether oxygens (including phenoxy) is 1. The van der Waals surface area contributed by atoms with Crippen LogP contribution in [0.2, 0.25) is 0 Å². The van der Waals surface area contributed by atoms with Crippen LogP contribution < -0.4 is 5.32 Å². The van der Waals surface area contributed by atoms with Gasteiger partial charge in [0.1, 0.15) is 0 Å². The molecule has 2 N–H and O–H groups in total. The van der Waals surface area contributed by atoms with Crippen molar-refractivity contribution in [3.05, 3.63) is 0 Å². The van der Waals surface area contributed by atoms with Crippen LogP contribution in [0.4, 0.5) is 0 Å². The molecule has 0 aliphatic rings. The Bertz CT molecular complexity index is 184. The summed E-state index contributed by atoms with van der Waals surface area (Å²) in [4.78, 5) is 13.3. The molecule has 0 fully saturated rings. The van der Waals surface area contributed by atoms with Crippen molar-refractivity contribution in [1.82, 2.24) is 10.2 Å². The van der Waals surface area contributed by atoms with E-state index < -0.39 is 6.10 Å². The number of carbonyl (C=O) groups is 1. The summed E-state index contributed by atoms with van der Waals surface area (Å²) < 4.78 is 4.80. The van der Waals surface area contributed by atoms with E-state index in [2.05, 4.69) is 5.32 Å². The Labute approximate surface area is 97.8 Å². The number of likely N-dealkylation sites (N-methyl/N-ethyl adjacent to an activating group) is 1. The predicted molar refractivity (Wildman–Crippen MR) is 63.3 cm³/mol. The minimum Gasteiger partial charge on any atom is -0.391 e. The predicted octanol–water partition coefficient (Wildman–Crippen LogP) is -0.158. The molecule has 0 rings (SSSR count). The normalized spacial score (nSPS) is 12.5. The fourth-order valence-corrected chi connectivity index (χ4v) is 1.43. The van der Waals surface area contributed by atoms with E-state index in [1.54, 1.807) is 12.0 Å². The highest BCUT2D eigenvalue weighted by Gasteiger charge is 2.08. The molecule has 0 spiro atoms. The van der Waals surface area contributed by atoms with E-state index in [0.29, 0.717) is 26.1 Å². The molecule has 1 unspecified atom stereocenters. The molecule has 1 amide bonds. The summed E-state index contributed by atoms with van der Waals surface area (Å²) in [5, 5.41) is 12.4. The lowest BCUT2D eigenvalue weighted by molar-refractivity contribution is -0.129. The minimum atomic E-state index is -0.457. The van der Waals surface area contributed by atoms with Gasteiger partial charge in [-0.3, -0.25) is 4.79 Å². The van der Waals surface area contributed by atoms with Crippen molar-refractivity contribution < 1.29 is 14.6 Å². The molecule has 5 nitrogen and oxygen atoms in total. The molecule has 16 heavy (non-hydrogen) atoms. The summed E-state index contributed by atoms with van der Waals surface area (Å²) in [6.45, 7) is 6.70. The fraction of sp³-hybridized carbons (Fsp3) is 0.909. The van der Waals surface area contributed by atoms with Gasteiger partial charge in [-0.15, -0.1) is 0 Å². The number of amides is 1. The Hall–Kier alpha value is -0.650. The standard InChI is InChI=1S/C11H24N2O3/c1-4-13(5-2)11(15)8-12-7-6-10(14)9-16-3/h10,12,14H,4-9H2,1-3H3. The van der Waals surface area contributed by atoms with Gasteiger partial charge < -0.3 is 20.1 Å². The van der Waals surface area contributed by atoms with Gasteiger partial charge in [-0.1, -0.05) is 0 Å². The number of aliphatic hydroxyl groups is 1.